The fraction of sp³-hybridized carbons (Fsp3) is 0.432. The molecule has 0 saturated heterocycles. The number of fused-ring (bicyclic) bond motifs is 1. The first-order valence-corrected chi connectivity index (χ1v) is 16.7. The van der Waals surface area contributed by atoms with Crippen molar-refractivity contribution in [3.63, 3.8) is 0 Å². The van der Waals surface area contributed by atoms with Crippen LogP contribution in [0.5, 0.6) is 0 Å². The summed E-state index contributed by atoms with van der Waals surface area (Å²) in [6, 6.07) is 9.98. The Balaban J connectivity index is 1.68. The van der Waals surface area contributed by atoms with Crippen LogP contribution in [-0.4, -0.2) is 46.4 Å². The summed E-state index contributed by atoms with van der Waals surface area (Å²) in [5.41, 5.74) is 5.06. The minimum absolute atomic E-state index is 0.130. The molecule has 3 N–H and O–H groups in total. The Morgan fingerprint density at radius 1 is 1.20 bits per heavy atom. The number of hydrogen-bond donors (Lipinski definition) is 3. The molecule has 0 saturated carbocycles. The van der Waals surface area contributed by atoms with Crippen LogP contribution >= 0.6 is 12.0 Å². The van der Waals surface area contributed by atoms with Crippen LogP contribution in [0.4, 0.5) is 5.69 Å². The highest BCUT2D eigenvalue weighted by atomic mass is 32.2. The molecule has 0 radical (unpaired) electrons. The number of benzene rings is 1. The molecule has 1 aliphatic rings. The molecule has 2 unspecified atom stereocenters. The van der Waals surface area contributed by atoms with Crippen molar-refractivity contribution >= 4 is 40.7 Å². The van der Waals surface area contributed by atoms with Gasteiger partial charge in [-0.15, -0.1) is 0 Å². The summed E-state index contributed by atoms with van der Waals surface area (Å²) >= 11 is 1.19. The predicted octanol–water partition coefficient (Wildman–Crippen LogP) is 8.24. The topological polar surface area (TPSA) is 113 Å². The van der Waals surface area contributed by atoms with Crippen LogP contribution in [-0.2, 0) is 19.1 Å². The van der Waals surface area contributed by atoms with E-state index in [4.69, 9.17) is 8.92 Å². The summed E-state index contributed by atoms with van der Waals surface area (Å²) in [6.45, 7) is 14.0. The molecule has 0 fully saturated rings. The van der Waals surface area contributed by atoms with Gasteiger partial charge in [0.05, 0.1) is 34.9 Å². The highest BCUT2D eigenvalue weighted by Gasteiger charge is 2.26. The number of pyridine rings is 1. The van der Waals surface area contributed by atoms with Gasteiger partial charge in [-0.25, -0.2) is 0 Å². The number of hydrogen-bond acceptors (Lipinski definition) is 8. The van der Waals surface area contributed by atoms with E-state index in [1.807, 2.05) is 84.0 Å². The standard InChI is InChI=1S/C37H49N3O5S/c1-9-12-13-26(10-2)28-16-18-31-30(22-28)25(5)34(45-46-31)35(41)40-29-17-19-32(39-23-29)37(6,7)21-20-33(38-8)44-24(4)14-15-27(11-3)36(42)43/h9,12-13,16-24,27,36,42-43H,10-11,14-15H2,1-8H3,(H,40,41)/b12-9-,21-20-,26-13+,38-33?. The van der Waals surface area contributed by atoms with E-state index < -0.39 is 11.7 Å². The van der Waals surface area contributed by atoms with Crippen molar-refractivity contribution < 1.29 is 23.9 Å². The molecular formula is C37H49N3O5S. The van der Waals surface area contributed by atoms with Gasteiger partial charge < -0.3 is 24.4 Å². The number of amides is 1. The second kappa shape index (κ2) is 17.3. The number of aliphatic hydroxyl groups excluding tert-OH is 1. The zero-order valence-electron chi connectivity index (χ0n) is 28.3. The number of nitrogens with zero attached hydrogens (tertiary/aromatic N) is 2. The number of carbonyl (C=O) groups is 1. The van der Waals surface area contributed by atoms with Crippen molar-refractivity contribution in [2.75, 3.05) is 12.4 Å². The number of aliphatic hydroxyl groups is 2. The van der Waals surface area contributed by atoms with Crippen LogP contribution in [0.1, 0.15) is 91.0 Å². The molecule has 1 aromatic carbocycles. The Labute approximate surface area is 278 Å². The second-order valence-corrected chi connectivity index (χ2v) is 12.8. The molecule has 0 spiro atoms. The van der Waals surface area contributed by atoms with Gasteiger partial charge in [-0.3, -0.25) is 14.8 Å². The molecule has 3 rings (SSSR count). The molecule has 2 atom stereocenters. The number of aromatic nitrogens is 1. The van der Waals surface area contributed by atoms with Crippen LogP contribution in [0.15, 0.2) is 82.6 Å². The monoisotopic (exact) mass is 647 g/mol. The first-order valence-electron chi connectivity index (χ1n) is 15.9. The molecule has 248 valence electrons. The lowest BCUT2D eigenvalue weighted by Gasteiger charge is -2.22. The lowest BCUT2D eigenvalue weighted by atomic mass is 9.88. The number of nitrogens with one attached hydrogen (secondary N) is 1. The zero-order valence-corrected chi connectivity index (χ0v) is 29.1. The van der Waals surface area contributed by atoms with E-state index in [-0.39, 0.29) is 23.7 Å². The SMILES string of the molecule is C/C=C\C=C(/CC)c1ccc2c(c1)C(C)=C(C(=O)Nc1ccc(C(C)(C)/C=C\C(=NC)OC(C)CCC(CC)C(O)O)nc1)OS2. The van der Waals surface area contributed by atoms with Gasteiger partial charge in [0.1, 0.15) is 0 Å². The zero-order chi connectivity index (χ0) is 33.9. The Morgan fingerprint density at radius 3 is 2.57 bits per heavy atom. The first-order chi connectivity index (χ1) is 21.9. The molecule has 46 heavy (non-hydrogen) atoms. The number of aliphatic imine (C=N–C) groups is 1. The number of ether oxygens (including phenoxy) is 1. The predicted molar refractivity (Wildman–Crippen MR) is 189 cm³/mol. The molecular weight excluding hydrogens is 598 g/mol. The normalized spacial score (nSPS) is 15.7. The van der Waals surface area contributed by atoms with Crippen molar-refractivity contribution in [3.05, 3.63) is 89.5 Å². The largest absolute Gasteiger partial charge is 0.475 e. The van der Waals surface area contributed by atoms with Gasteiger partial charge in [-0.2, -0.15) is 0 Å². The summed E-state index contributed by atoms with van der Waals surface area (Å²) in [6.07, 6.45) is 13.1. The Bertz CT molecular complexity index is 1490. The number of anilines is 1. The highest BCUT2D eigenvalue weighted by molar-refractivity contribution is 7.95. The third-order valence-electron chi connectivity index (χ3n) is 8.14. The van der Waals surface area contributed by atoms with Crippen molar-refractivity contribution in [3.8, 4) is 0 Å². The molecule has 9 heteroatoms. The van der Waals surface area contributed by atoms with Crippen LogP contribution in [0.25, 0.3) is 11.1 Å². The van der Waals surface area contributed by atoms with Crippen molar-refractivity contribution in [2.45, 2.75) is 96.9 Å². The molecule has 8 nitrogen and oxygen atoms in total. The van der Waals surface area contributed by atoms with E-state index in [0.29, 0.717) is 30.8 Å². The van der Waals surface area contributed by atoms with Gasteiger partial charge >= 0.3 is 0 Å². The van der Waals surface area contributed by atoms with Gasteiger partial charge in [0, 0.05) is 29.6 Å². The van der Waals surface area contributed by atoms with E-state index in [2.05, 4.69) is 40.4 Å². The highest BCUT2D eigenvalue weighted by Crippen LogP contribution is 2.40. The van der Waals surface area contributed by atoms with Gasteiger partial charge in [-0.05, 0) is 93.5 Å². The third-order valence-corrected chi connectivity index (χ3v) is 8.93. The van der Waals surface area contributed by atoms with E-state index in [0.717, 1.165) is 33.7 Å². The smallest absolute Gasteiger partial charge is 0.292 e. The minimum atomic E-state index is -1.32. The maximum atomic E-state index is 13.3. The molecule has 1 amide bonds. The lowest BCUT2D eigenvalue weighted by molar-refractivity contribution is -0.114. The Kier molecular flexibility index (Phi) is 13.9. The summed E-state index contributed by atoms with van der Waals surface area (Å²) in [5, 5.41) is 21.9. The van der Waals surface area contributed by atoms with Crippen molar-refractivity contribution in [1.82, 2.24) is 4.98 Å². The Hall–Kier alpha value is -3.66. The van der Waals surface area contributed by atoms with Crippen LogP contribution in [0, 0.1) is 5.92 Å². The maximum absolute atomic E-state index is 13.3. The maximum Gasteiger partial charge on any atom is 0.292 e. The molecule has 0 aliphatic carbocycles. The average Bonchev–Trinajstić information content (AvgIpc) is 3.04. The molecule has 1 aliphatic heterocycles. The summed E-state index contributed by atoms with van der Waals surface area (Å²) in [5.74, 6) is 0.259. The van der Waals surface area contributed by atoms with Gasteiger partial charge in [-0.1, -0.05) is 58.1 Å². The van der Waals surface area contributed by atoms with E-state index in [1.54, 1.807) is 13.2 Å². The van der Waals surface area contributed by atoms with Gasteiger partial charge in [0.2, 0.25) is 11.7 Å². The van der Waals surface area contributed by atoms with Crippen molar-refractivity contribution in [2.24, 2.45) is 10.9 Å². The van der Waals surface area contributed by atoms with E-state index >= 15 is 0 Å². The molecule has 2 aromatic rings. The summed E-state index contributed by atoms with van der Waals surface area (Å²) in [4.78, 5) is 23.2. The molecule has 1 aromatic heterocycles. The number of allylic oxidation sites excluding steroid dienone is 6. The minimum Gasteiger partial charge on any atom is -0.475 e. The van der Waals surface area contributed by atoms with Crippen molar-refractivity contribution in [1.29, 1.82) is 0 Å². The lowest BCUT2D eigenvalue weighted by Crippen LogP contribution is -2.22. The Morgan fingerprint density at radius 2 is 1.96 bits per heavy atom. The first kappa shape index (κ1) is 36.8. The van der Waals surface area contributed by atoms with Crippen LogP contribution in [0.3, 0.4) is 0 Å². The third kappa shape index (κ3) is 9.92. The quantitative estimate of drug-likeness (QED) is 0.0622. The fourth-order valence-corrected chi connectivity index (χ4v) is 5.85. The number of carbonyl (C=O) groups excluding carboxylic acids is 1. The van der Waals surface area contributed by atoms with E-state index in [9.17, 15) is 15.0 Å². The van der Waals surface area contributed by atoms with Gasteiger partial charge in [0.25, 0.3) is 5.91 Å². The summed E-state index contributed by atoms with van der Waals surface area (Å²) in [7, 11) is 1.68. The summed E-state index contributed by atoms with van der Waals surface area (Å²) < 4.78 is 11.8. The fourth-order valence-electron chi connectivity index (χ4n) is 5.05. The molecule has 0 bridgehead atoms. The second-order valence-electron chi connectivity index (χ2n) is 12.0. The van der Waals surface area contributed by atoms with Crippen LogP contribution < -0.4 is 5.32 Å². The van der Waals surface area contributed by atoms with Gasteiger partial charge in [0.15, 0.2) is 6.29 Å². The van der Waals surface area contributed by atoms with Crippen LogP contribution in [0.2, 0.25) is 0 Å². The molecule has 2 heterocycles. The van der Waals surface area contributed by atoms with E-state index in [1.165, 1.54) is 17.6 Å². The average molecular weight is 648 g/mol. The number of rotatable bonds is 14.